The number of ether oxygens (including phenoxy) is 1. The molecule has 1 atom stereocenters. The van der Waals surface area contributed by atoms with Crippen molar-refractivity contribution in [3.8, 4) is 11.5 Å². The first-order valence-electron chi connectivity index (χ1n) is 9.83. The highest BCUT2D eigenvalue weighted by Gasteiger charge is 2.27. The standard InChI is InChI=1S/C22H26FN3O3.ClH/c23-20-9-8-18(29-17-6-4-15(5-7-17)10-11-24)13-19(20)22(28)26-12-2-1-3-16(14-26)21(25)27;/h4-9,13,16H,1-3,10-12,14,24H2,(H2,25,27);1H. The maximum Gasteiger partial charge on any atom is 0.256 e. The molecule has 0 aliphatic carbocycles. The van der Waals surface area contributed by atoms with E-state index in [9.17, 15) is 14.0 Å². The molecule has 30 heavy (non-hydrogen) atoms. The fourth-order valence-electron chi connectivity index (χ4n) is 3.49. The number of hydrogen-bond acceptors (Lipinski definition) is 4. The zero-order valence-corrected chi connectivity index (χ0v) is 17.5. The largest absolute Gasteiger partial charge is 0.457 e. The Morgan fingerprint density at radius 3 is 2.47 bits per heavy atom. The van der Waals surface area contributed by atoms with Gasteiger partial charge in [-0.1, -0.05) is 18.6 Å². The molecule has 2 aromatic rings. The van der Waals surface area contributed by atoms with Crippen LogP contribution < -0.4 is 16.2 Å². The smallest absolute Gasteiger partial charge is 0.256 e. The van der Waals surface area contributed by atoms with Crippen LogP contribution in [0.25, 0.3) is 0 Å². The highest BCUT2D eigenvalue weighted by molar-refractivity contribution is 5.95. The summed E-state index contributed by atoms with van der Waals surface area (Å²) >= 11 is 0. The molecule has 6 nitrogen and oxygen atoms in total. The van der Waals surface area contributed by atoms with Gasteiger partial charge in [-0.05, 0) is 61.7 Å². The van der Waals surface area contributed by atoms with E-state index in [1.165, 1.54) is 23.1 Å². The molecule has 1 heterocycles. The SMILES string of the molecule is Cl.NCCc1ccc(Oc2ccc(F)c(C(=O)N3CCCCC(C(N)=O)C3)c2)cc1. The second-order valence-electron chi connectivity index (χ2n) is 7.27. The molecule has 1 saturated heterocycles. The summed E-state index contributed by atoms with van der Waals surface area (Å²) in [5.74, 6) is -0.974. The van der Waals surface area contributed by atoms with E-state index in [1.54, 1.807) is 0 Å². The Morgan fingerprint density at radius 1 is 1.10 bits per heavy atom. The maximum atomic E-state index is 14.4. The second-order valence-corrected chi connectivity index (χ2v) is 7.27. The molecule has 162 valence electrons. The number of nitrogens with zero attached hydrogens (tertiary/aromatic N) is 1. The van der Waals surface area contributed by atoms with Gasteiger partial charge in [0.25, 0.3) is 5.91 Å². The van der Waals surface area contributed by atoms with Crippen LogP contribution in [0.5, 0.6) is 11.5 Å². The molecular weight excluding hydrogens is 409 g/mol. The molecule has 1 aliphatic heterocycles. The minimum absolute atomic E-state index is 0. The summed E-state index contributed by atoms with van der Waals surface area (Å²) < 4.78 is 20.2. The first-order chi connectivity index (χ1) is 14.0. The number of carbonyl (C=O) groups excluding carboxylic acids is 2. The van der Waals surface area contributed by atoms with E-state index in [2.05, 4.69) is 0 Å². The first-order valence-corrected chi connectivity index (χ1v) is 9.83. The zero-order valence-electron chi connectivity index (χ0n) is 16.7. The van der Waals surface area contributed by atoms with Gasteiger partial charge < -0.3 is 21.1 Å². The van der Waals surface area contributed by atoms with Crippen molar-refractivity contribution in [3.63, 3.8) is 0 Å². The van der Waals surface area contributed by atoms with Gasteiger partial charge in [-0.2, -0.15) is 0 Å². The van der Waals surface area contributed by atoms with Crippen LogP contribution in [-0.2, 0) is 11.2 Å². The van der Waals surface area contributed by atoms with Crippen molar-refractivity contribution >= 4 is 24.2 Å². The number of nitrogens with two attached hydrogens (primary N) is 2. The predicted octanol–water partition coefficient (Wildman–Crippen LogP) is 3.27. The van der Waals surface area contributed by atoms with Crippen LogP contribution >= 0.6 is 12.4 Å². The Morgan fingerprint density at radius 2 is 1.80 bits per heavy atom. The third-order valence-electron chi connectivity index (χ3n) is 5.12. The number of likely N-dealkylation sites (tertiary alicyclic amines) is 1. The molecular formula is C22H27ClFN3O3. The molecule has 0 saturated carbocycles. The average Bonchev–Trinajstić information content (AvgIpc) is 2.97. The number of rotatable bonds is 6. The summed E-state index contributed by atoms with van der Waals surface area (Å²) in [7, 11) is 0. The maximum absolute atomic E-state index is 14.4. The van der Waals surface area contributed by atoms with Crippen molar-refractivity contribution in [1.82, 2.24) is 4.90 Å². The molecule has 0 bridgehead atoms. The molecule has 1 fully saturated rings. The van der Waals surface area contributed by atoms with Gasteiger partial charge in [-0.15, -0.1) is 12.4 Å². The van der Waals surface area contributed by atoms with E-state index in [4.69, 9.17) is 16.2 Å². The lowest BCUT2D eigenvalue weighted by Crippen LogP contribution is -2.39. The van der Waals surface area contributed by atoms with E-state index >= 15 is 0 Å². The molecule has 4 N–H and O–H groups in total. The summed E-state index contributed by atoms with van der Waals surface area (Å²) in [4.78, 5) is 26.0. The molecule has 0 radical (unpaired) electrons. The number of hydrogen-bond donors (Lipinski definition) is 2. The fourth-order valence-corrected chi connectivity index (χ4v) is 3.49. The van der Waals surface area contributed by atoms with E-state index in [-0.39, 0.29) is 24.5 Å². The lowest BCUT2D eigenvalue weighted by Gasteiger charge is -2.23. The van der Waals surface area contributed by atoms with Gasteiger partial charge in [0.05, 0.1) is 11.5 Å². The molecule has 1 unspecified atom stereocenters. The molecule has 8 heteroatoms. The predicted molar refractivity (Wildman–Crippen MR) is 115 cm³/mol. The van der Waals surface area contributed by atoms with Crippen LogP contribution in [-0.4, -0.2) is 36.3 Å². The van der Waals surface area contributed by atoms with E-state index in [1.807, 2.05) is 24.3 Å². The Bertz CT molecular complexity index is 876. The van der Waals surface area contributed by atoms with Gasteiger partial charge in [0.2, 0.25) is 5.91 Å². The topological polar surface area (TPSA) is 98.7 Å². The van der Waals surface area contributed by atoms with Gasteiger partial charge in [-0.3, -0.25) is 9.59 Å². The van der Waals surface area contributed by atoms with Crippen molar-refractivity contribution in [1.29, 1.82) is 0 Å². The van der Waals surface area contributed by atoms with Gasteiger partial charge in [0.15, 0.2) is 0 Å². The average molecular weight is 436 g/mol. The van der Waals surface area contributed by atoms with E-state index in [0.29, 0.717) is 31.0 Å². The highest BCUT2D eigenvalue weighted by Crippen LogP contribution is 2.26. The molecule has 3 rings (SSSR count). The zero-order chi connectivity index (χ0) is 20.8. The van der Waals surface area contributed by atoms with Crippen molar-refractivity contribution in [2.75, 3.05) is 19.6 Å². The fraction of sp³-hybridized carbons (Fsp3) is 0.364. The van der Waals surface area contributed by atoms with Gasteiger partial charge >= 0.3 is 0 Å². The molecule has 0 spiro atoms. The number of carbonyl (C=O) groups is 2. The molecule has 1 aliphatic rings. The van der Waals surface area contributed by atoms with Crippen LogP contribution in [0, 0.1) is 11.7 Å². The minimum Gasteiger partial charge on any atom is -0.457 e. The lowest BCUT2D eigenvalue weighted by molar-refractivity contribution is -0.122. The normalized spacial score (nSPS) is 16.3. The van der Waals surface area contributed by atoms with Crippen molar-refractivity contribution < 1.29 is 18.7 Å². The summed E-state index contributed by atoms with van der Waals surface area (Å²) in [6, 6.07) is 11.5. The first kappa shape index (κ1) is 23.6. The van der Waals surface area contributed by atoms with E-state index < -0.39 is 23.5 Å². The van der Waals surface area contributed by atoms with Crippen molar-refractivity contribution in [2.24, 2.45) is 17.4 Å². The molecule has 0 aromatic heterocycles. The Hall–Kier alpha value is -2.64. The van der Waals surface area contributed by atoms with Gasteiger partial charge in [0.1, 0.15) is 17.3 Å². The van der Waals surface area contributed by atoms with Gasteiger partial charge in [0, 0.05) is 13.1 Å². The Kier molecular flexibility index (Phi) is 8.62. The van der Waals surface area contributed by atoms with Crippen LogP contribution in [0.2, 0.25) is 0 Å². The second kappa shape index (κ2) is 10.9. The van der Waals surface area contributed by atoms with Gasteiger partial charge in [-0.25, -0.2) is 4.39 Å². The highest BCUT2D eigenvalue weighted by atomic mass is 35.5. The number of benzene rings is 2. The lowest BCUT2D eigenvalue weighted by atomic mass is 10.0. The summed E-state index contributed by atoms with van der Waals surface area (Å²) in [5.41, 5.74) is 12.0. The summed E-state index contributed by atoms with van der Waals surface area (Å²) in [6.45, 7) is 1.24. The van der Waals surface area contributed by atoms with Crippen molar-refractivity contribution in [3.05, 3.63) is 59.4 Å². The van der Waals surface area contributed by atoms with Crippen molar-refractivity contribution in [2.45, 2.75) is 25.7 Å². The Labute approximate surface area is 181 Å². The van der Waals surface area contributed by atoms with Crippen LogP contribution in [0.3, 0.4) is 0 Å². The Balaban J connectivity index is 0.00000320. The third kappa shape index (κ3) is 5.93. The molecule has 2 amide bonds. The quantitative estimate of drug-likeness (QED) is 0.727. The minimum atomic E-state index is -0.625. The number of amides is 2. The number of halogens is 2. The summed E-state index contributed by atoms with van der Waals surface area (Å²) in [6.07, 6.45) is 2.98. The van der Waals surface area contributed by atoms with Crippen LogP contribution in [0.1, 0.15) is 35.2 Å². The third-order valence-corrected chi connectivity index (χ3v) is 5.12. The summed E-state index contributed by atoms with van der Waals surface area (Å²) in [5, 5.41) is 0. The van der Waals surface area contributed by atoms with Crippen LogP contribution in [0.15, 0.2) is 42.5 Å². The monoisotopic (exact) mass is 435 g/mol. The molecule has 2 aromatic carbocycles. The number of primary amides is 1. The van der Waals surface area contributed by atoms with Crippen LogP contribution in [0.4, 0.5) is 4.39 Å². The van der Waals surface area contributed by atoms with E-state index in [0.717, 1.165) is 24.8 Å².